The molecule has 0 spiro atoms. The van der Waals surface area contributed by atoms with Gasteiger partial charge in [0.15, 0.2) is 16.7 Å². The third kappa shape index (κ3) is 7.86. The molecule has 3 aromatic rings. The van der Waals surface area contributed by atoms with Gasteiger partial charge in [0.2, 0.25) is 0 Å². The summed E-state index contributed by atoms with van der Waals surface area (Å²) in [4.78, 5) is 23.8. The topological polar surface area (TPSA) is 85.8 Å². The van der Waals surface area contributed by atoms with Gasteiger partial charge in [0.25, 0.3) is 5.91 Å². The molecule has 1 heterocycles. The molecular weight excluding hydrogens is 476 g/mol. The summed E-state index contributed by atoms with van der Waals surface area (Å²) < 4.78 is 15.7. The average Bonchev–Trinajstić information content (AvgIpc) is 2.90. The molecule has 0 aliphatic rings. The number of carbonyl (C=O) groups is 1. The van der Waals surface area contributed by atoms with Gasteiger partial charge in [-0.1, -0.05) is 30.0 Å². The second-order valence-corrected chi connectivity index (χ2v) is 9.19. The van der Waals surface area contributed by atoms with Crippen LogP contribution in [0, 0.1) is 6.92 Å². The lowest BCUT2D eigenvalue weighted by Crippen LogP contribution is -2.26. The molecule has 1 aromatic heterocycles. The number of nitrogens with one attached hydrogen (secondary N) is 1. The molecule has 0 aliphatic heterocycles. The number of aryl methyl sites for hydroxylation is 1. The van der Waals surface area contributed by atoms with E-state index in [-0.39, 0.29) is 5.91 Å². The van der Waals surface area contributed by atoms with Crippen LogP contribution in [-0.4, -0.2) is 63.9 Å². The van der Waals surface area contributed by atoms with Gasteiger partial charge >= 0.3 is 0 Å². The number of methoxy groups -OCH3 is 3. The van der Waals surface area contributed by atoms with Crippen LogP contribution in [0.15, 0.2) is 53.7 Å². The molecule has 8 nitrogen and oxygen atoms in total. The third-order valence-electron chi connectivity index (χ3n) is 5.54. The molecule has 0 saturated heterocycles. The summed E-state index contributed by atoms with van der Waals surface area (Å²) in [6, 6.07) is 15.6. The molecule has 192 valence electrons. The van der Waals surface area contributed by atoms with Crippen molar-refractivity contribution in [3.8, 4) is 11.5 Å². The third-order valence-corrected chi connectivity index (χ3v) is 6.46. The van der Waals surface area contributed by atoms with Crippen molar-refractivity contribution in [2.45, 2.75) is 24.3 Å². The summed E-state index contributed by atoms with van der Waals surface area (Å²) >= 11 is 1.55. The van der Waals surface area contributed by atoms with E-state index < -0.39 is 0 Å². The Balaban J connectivity index is 1.61. The number of carbonyl (C=O) groups excluding carboxylic acids is 1. The second-order valence-electron chi connectivity index (χ2n) is 8.25. The van der Waals surface area contributed by atoms with Crippen molar-refractivity contribution in [2.75, 3.05) is 53.0 Å². The number of amides is 1. The highest BCUT2D eigenvalue weighted by Crippen LogP contribution is 2.28. The van der Waals surface area contributed by atoms with E-state index in [9.17, 15) is 4.79 Å². The van der Waals surface area contributed by atoms with Gasteiger partial charge in [0.1, 0.15) is 5.82 Å². The highest BCUT2D eigenvalue weighted by molar-refractivity contribution is 7.98. The number of hydrogen-bond donors (Lipinski definition) is 1. The maximum Gasteiger partial charge on any atom is 0.251 e. The second kappa shape index (κ2) is 13.7. The SMILES string of the molecule is COCCNC(=O)c1cccc(CSc2nc(C)cc(N(C)CCc3ccc(OC)c(OC)c3)n2)c1. The number of thioether (sulfide) groups is 1. The van der Waals surface area contributed by atoms with E-state index in [2.05, 4.69) is 15.2 Å². The smallest absolute Gasteiger partial charge is 0.251 e. The van der Waals surface area contributed by atoms with Gasteiger partial charge in [-0.2, -0.15) is 0 Å². The van der Waals surface area contributed by atoms with Crippen LogP contribution in [0.3, 0.4) is 0 Å². The Kier molecular flexibility index (Phi) is 10.4. The Bertz CT molecular complexity index is 1160. The monoisotopic (exact) mass is 510 g/mol. The molecule has 1 N–H and O–H groups in total. The first-order valence-electron chi connectivity index (χ1n) is 11.7. The normalized spacial score (nSPS) is 10.7. The van der Waals surface area contributed by atoms with Gasteiger partial charge in [-0.05, 0) is 48.7 Å². The molecule has 0 radical (unpaired) electrons. The number of benzene rings is 2. The molecule has 0 unspecified atom stereocenters. The fraction of sp³-hybridized carbons (Fsp3) is 0.370. The summed E-state index contributed by atoms with van der Waals surface area (Å²) in [7, 11) is 6.92. The maximum atomic E-state index is 12.3. The highest BCUT2D eigenvalue weighted by atomic mass is 32.2. The number of aromatic nitrogens is 2. The first kappa shape index (κ1) is 27.3. The summed E-state index contributed by atoms with van der Waals surface area (Å²) in [5.74, 6) is 2.88. The van der Waals surface area contributed by atoms with E-state index in [1.807, 2.05) is 62.5 Å². The van der Waals surface area contributed by atoms with Crippen LogP contribution in [0.1, 0.15) is 27.2 Å². The zero-order chi connectivity index (χ0) is 25.9. The Morgan fingerprint density at radius 1 is 1.00 bits per heavy atom. The van der Waals surface area contributed by atoms with Crippen molar-refractivity contribution in [3.63, 3.8) is 0 Å². The van der Waals surface area contributed by atoms with E-state index in [0.717, 1.165) is 47.1 Å². The Morgan fingerprint density at radius 3 is 2.56 bits per heavy atom. The molecule has 0 atom stereocenters. The van der Waals surface area contributed by atoms with Gasteiger partial charge in [0.05, 0.1) is 20.8 Å². The first-order valence-corrected chi connectivity index (χ1v) is 12.7. The number of likely N-dealkylation sites (N-methyl/N-ethyl adjacent to an activating group) is 1. The van der Waals surface area contributed by atoms with Crippen LogP contribution < -0.4 is 19.7 Å². The molecule has 2 aromatic carbocycles. The minimum absolute atomic E-state index is 0.107. The quantitative estimate of drug-likeness (QED) is 0.209. The zero-order valence-electron chi connectivity index (χ0n) is 21.5. The Labute approximate surface area is 217 Å². The zero-order valence-corrected chi connectivity index (χ0v) is 22.4. The molecule has 3 rings (SSSR count). The number of nitrogens with zero attached hydrogens (tertiary/aromatic N) is 3. The largest absolute Gasteiger partial charge is 0.493 e. The summed E-state index contributed by atoms with van der Waals surface area (Å²) in [5.41, 5.74) is 3.73. The molecule has 36 heavy (non-hydrogen) atoms. The van der Waals surface area contributed by atoms with E-state index in [0.29, 0.717) is 29.6 Å². The average molecular weight is 511 g/mol. The van der Waals surface area contributed by atoms with Gasteiger partial charge in [-0.25, -0.2) is 9.97 Å². The van der Waals surface area contributed by atoms with Crippen LogP contribution in [-0.2, 0) is 16.9 Å². The summed E-state index contributed by atoms with van der Waals surface area (Å²) in [6.45, 7) is 3.73. The lowest BCUT2D eigenvalue weighted by atomic mass is 10.1. The predicted molar refractivity (Wildman–Crippen MR) is 144 cm³/mol. The van der Waals surface area contributed by atoms with Crippen molar-refractivity contribution >= 4 is 23.5 Å². The molecule has 0 aliphatic carbocycles. The van der Waals surface area contributed by atoms with Gasteiger partial charge in [-0.15, -0.1) is 0 Å². The molecule has 0 bridgehead atoms. The maximum absolute atomic E-state index is 12.3. The first-order chi connectivity index (χ1) is 17.4. The molecule has 0 fully saturated rings. The van der Waals surface area contributed by atoms with Crippen LogP contribution in [0.25, 0.3) is 0 Å². The standard InChI is InChI=1S/C27H34N4O4S/c1-19-15-25(31(2)13-11-20-9-10-23(34-4)24(17-20)35-5)30-27(29-19)36-18-21-7-6-8-22(16-21)26(32)28-12-14-33-3/h6-10,15-17H,11-14,18H2,1-5H3,(H,28,32). The number of ether oxygens (including phenoxy) is 3. The van der Waals surface area contributed by atoms with Gasteiger partial charge < -0.3 is 24.4 Å². The lowest BCUT2D eigenvalue weighted by molar-refractivity contribution is 0.0937. The van der Waals surface area contributed by atoms with E-state index in [1.165, 1.54) is 0 Å². The Hall–Kier alpha value is -3.30. The highest BCUT2D eigenvalue weighted by Gasteiger charge is 2.11. The molecular formula is C27H34N4O4S. The summed E-state index contributed by atoms with van der Waals surface area (Å²) in [5, 5.41) is 3.56. The Morgan fingerprint density at radius 2 is 1.81 bits per heavy atom. The van der Waals surface area contributed by atoms with Crippen molar-refractivity contribution in [1.82, 2.24) is 15.3 Å². The van der Waals surface area contributed by atoms with Crippen LogP contribution in [0.5, 0.6) is 11.5 Å². The van der Waals surface area contributed by atoms with E-state index in [4.69, 9.17) is 19.2 Å². The van der Waals surface area contributed by atoms with E-state index >= 15 is 0 Å². The van der Waals surface area contributed by atoms with Crippen LogP contribution >= 0.6 is 11.8 Å². The molecule has 0 saturated carbocycles. The number of anilines is 1. The fourth-order valence-corrected chi connectivity index (χ4v) is 4.39. The van der Waals surface area contributed by atoms with Crippen molar-refractivity contribution < 1.29 is 19.0 Å². The van der Waals surface area contributed by atoms with Crippen LogP contribution in [0.2, 0.25) is 0 Å². The van der Waals surface area contributed by atoms with Crippen molar-refractivity contribution in [3.05, 3.63) is 70.9 Å². The molecule has 9 heteroatoms. The van der Waals surface area contributed by atoms with Gasteiger partial charge in [-0.3, -0.25) is 4.79 Å². The van der Waals surface area contributed by atoms with Crippen LogP contribution in [0.4, 0.5) is 5.82 Å². The minimum Gasteiger partial charge on any atom is -0.493 e. The summed E-state index contributed by atoms with van der Waals surface area (Å²) in [6.07, 6.45) is 0.835. The molecule has 1 amide bonds. The predicted octanol–water partition coefficient (Wildman–Crippen LogP) is 4.15. The fourth-order valence-electron chi connectivity index (χ4n) is 3.55. The van der Waals surface area contributed by atoms with Crippen molar-refractivity contribution in [2.24, 2.45) is 0 Å². The number of hydrogen-bond acceptors (Lipinski definition) is 8. The van der Waals surface area contributed by atoms with Crippen molar-refractivity contribution in [1.29, 1.82) is 0 Å². The minimum atomic E-state index is -0.107. The van der Waals surface area contributed by atoms with Gasteiger partial charge in [0, 0.05) is 50.3 Å². The number of rotatable bonds is 13. The lowest BCUT2D eigenvalue weighted by Gasteiger charge is -2.19. The van der Waals surface area contributed by atoms with E-state index in [1.54, 1.807) is 33.1 Å².